The zero-order valence-electron chi connectivity index (χ0n) is 4.53. The fourth-order valence-electron chi connectivity index (χ4n) is 0. The number of nitrogens with zero attached hydrogens (tertiary/aromatic N) is 1. The number of rotatable bonds is 1. The summed E-state index contributed by atoms with van der Waals surface area (Å²) in [6, 6.07) is 0.681. The average Bonchev–Trinajstić information content (AvgIpc) is 1.35. The predicted octanol–water partition coefficient (Wildman–Crippen LogP) is -0.563. The molecule has 0 atom stereocenters. The van der Waals surface area contributed by atoms with Crippen LogP contribution in [0.2, 0.25) is 0 Å². The molecule has 0 radical (unpaired) electrons. The van der Waals surface area contributed by atoms with E-state index in [1.165, 1.54) is 0 Å². The number of hydrogen-bond acceptors (Lipinski definition) is 0. The second-order valence-corrected chi connectivity index (χ2v) is 2.65. The monoisotopic (exact) mass is 186 g/mol. The van der Waals surface area contributed by atoms with Crippen molar-refractivity contribution < 1.29 is 4.48 Å². The van der Waals surface area contributed by atoms with Crippen LogP contribution in [0, 0.1) is 0 Å². The van der Waals surface area contributed by atoms with Crippen LogP contribution in [0.3, 0.4) is 0 Å². The van der Waals surface area contributed by atoms with E-state index in [4.69, 9.17) is 11.6 Å². The number of hydrogen-bond donors (Lipinski definition) is 0. The van der Waals surface area contributed by atoms with Gasteiger partial charge < -0.3 is 4.48 Å². The van der Waals surface area contributed by atoms with Gasteiger partial charge >= 0.3 is 17.6 Å². The topological polar surface area (TPSA) is 0 Å². The molecule has 0 fully saturated rings. The minimum absolute atomic E-state index is 0. The normalized spacial score (nSPS) is 10.3. The van der Waals surface area contributed by atoms with Crippen molar-refractivity contribution >= 4 is 29.2 Å². The Morgan fingerprint density at radius 2 is 1.43 bits per heavy atom. The molecule has 46 valence electrons. The van der Waals surface area contributed by atoms with E-state index in [1.807, 2.05) is 21.1 Å². The molecule has 0 rings (SSSR count). The van der Waals surface area contributed by atoms with E-state index < -0.39 is 0 Å². The summed E-state index contributed by atoms with van der Waals surface area (Å²) in [7, 11) is 6.15. The molecular formula is C4H15ClGeN+. The molecule has 0 aliphatic rings. The molecule has 0 N–H and O–H groups in total. The van der Waals surface area contributed by atoms with Gasteiger partial charge in [0.2, 0.25) is 0 Å². The van der Waals surface area contributed by atoms with Gasteiger partial charge in [-0.05, 0) is 0 Å². The Morgan fingerprint density at radius 1 is 1.29 bits per heavy atom. The Labute approximate surface area is 61.2 Å². The van der Waals surface area contributed by atoms with Gasteiger partial charge in [0.25, 0.3) is 0 Å². The molecule has 7 heavy (non-hydrogen) atoms. The van der Waals surface area contributed by atoms with Gasteiger partial charge in [0.05, 0.1) is 21.1 Å². The van der Waals surface area contributed by atoms with Gasteiger partial charge in [-0.3, -0.25) is 0 Å². The summed E-state index contributed by atoms with van der Waals surface area (Å²) in [5.74, 6) is 0. The summed E-state index contributed by atoms with van der Waals surface area (Å²) in [6.45, 7) is 0. The van der Waals surface area contributed by atoms with Gasteiger partial charge in [-0.25, -0.2) is 0 Å². The third-order valence-corrected chi connectivity index (χ3v) is 1.08. The van der Waals surface area contributed by atoms with Crippen molar-refractivity contribution in [1.29, 1.82) is 0 Å². The maximum atomic E-state index is 5.45. The molecular weight excluding hydrogens is 170 g/mol. The molecule has 0 saturated heterocycles. The molecule has 0 aromatic heterocycles. The first-order valence-corrected chi connectivity index (χ1v) is 2.46. The molecule has 0 amide bonds. The van der Waals surface area contributed by atoms with Crippen LogP contribution in [0.4, 0.5) is 0 Å². The van der Waals surface area contributed by atoms with Gasteiger partial charge in [-0.15, -0.1) is 0 Å². The van der Waals surface area contributed by atoms with Crippen molar-refractivity contribution in [2.24, 2.45) is 0 Å². The zero-order valence-corrected chi connectivity index (χ0v) is 5.29. The Hall–Kier alpha value is 0.793. The van der Waals surface area contributed by atoms with Gasteiger partial charge in [0.1, 0.15) is 0 Å². The van der Waals surface area contributed by atoms with Crippen molar-refractivity contribution in [1.82, 2.24) is 0 Å². The summed E-state index contributed by atoms with van der Waals surface area (Å²) in [6.07, 6.45) is 0. The third kappa shape index (κ3) is 10.8. The van der Waals surface area contributed by atoms with Crippen LogP contribution >= 0.6 is 11.6 Å². The van der Waals surface area contributed by atoms with Crippen molar-refractivity contribution in [3.05, 3.63) is 0 Å². The Morgan fingerprint density at radius 3 is 1.43 bits per heavy atom. The van der Waals surface area contributed by atoms with E-state index in [9.17, 15) is 0 Å². The molecule has 0 aliphatic heterocycles. The summed E-state index contributed by atoms with van der Waals surface area (Å²) in [5.41, 5.74) is 0. The molecule has 0 heterocycles. The first kappa shape index (κ1) is 10.7. The van der Waals surface area contributed by atoms with Crippen LogP contribution in [0.25, 0.3) is 0 Å². The van der Waals surface area contributed by atoms with Crippen molar-refractivity contribution in [3.63, 3.8) is 0 Å². The number of alkyl halides is 1. The van der Waals surface area contributed by atoms with Gasteiger partial charge in [0, 0.05) is 0 Å². The van der Waals surface area contributed by atoms with Gasteiger partial charge in [-0.2, -0.15) is 0 Å². The number of quaternary nitrogens is 1. The van der Waals surface area contributed by atoms with Crippen LogP contribution in [0.1, 0.15) is 0 Å². The molecule has 0 aromatic carbocycles. The van der Waals surface area contributed by atoms with E-state index in [0.717, 1.165) is 4.48 Å². The maximum absolute atomic E-state index is 5.45. The van der Waals surface area contributed by atoms with Crippen LogP contribution in [-0.2, 0) is 0 Å². The summed E-state index contributed by atoms with van der Waals surface area (Å²) in [5, 5.41) is 0. The fourth-order valence-corrected chi connectivity index (χ4v) is 0. The zero-order chi connectivity index (χ0) is 5.21. The Balaban J connectivity index is 0. The molecule has 0 unspecified atom stereocenters. The SMILES string of the molecule is C[N+](C)(C)CCl.[GeH4]. The molecule has 0 aliphatic carbocycles. The Kier molecular flexibility index (Phi) is 5.75. The molecule has 0 spiro atoms. The van der Waals surface area contributed by atoms with E-state index in [0.29, 0.717) is 6.00 Å². The van der Waals surface area contributed by atoms with Crippen LogP contribution in [0.5, 0.6) is 0 Å². The average molecular weight is 185 g/mol. The standard InChI is InChI=1S/C4H11ClN.GeH4/c1-6(2,3)4-5;/h4H2,1-3H3;1H4/q+1;. The van der Waals surface area contributed by atoms with Crippen LogP contribution in [-0.4, -0.2) is 49.2 Å². The third-order valence-electron chi connectivity index (χ3n) is 0.359. The fraction of sp³-hybridized carbons (Fsp3) is 1.00. The quantitative estimate of drug-likeness (QED) is 0.222. The summed E-state index contributed by atoms with van der Waals surface area (Å²) >= 11 is 5.45. The van der Waals surface area contributed by atoms with Gasteiger partial charge in [-0.1, -0.05) is 11.6 Å². The first-order valence-electron chi connectivity index (χ1n) is 1.93. The Bertz CT molecular complexity index is 41.4. The predicted molar refractivity (Wildman–Crippen MR) is 40.1 cm³/mol. The number of halogens is 1. The van der Waals surface area contributed by atoms with Gasteiger partial charge in [0.15, 0.2) is 6.00 Å². The van der Waals surface area contributed by atoms with Crippen molar-refractivity contribution in [2.45, 2.75) is 0 Å². The molecule has 0 aromatic rings. The summed E-state index contributed by atoms with van der Waals surface area (Å²) < 4.78 is 0.835. The second kappa shape index (κ2) is 3.75. The van der Waals surface area contributed by atoms with E-state index in [-0.39, 0.29) is 17.6 Å². The van der Waals surface area contributed by atoms with Crippen molar-refractivity contribution in [3.8, 4) is 0 Å². The minimum atomic E-state index is 0. The molecule has 0 bridgehead atoms. The summed E-state index contributed by atoms with van der Waals surface area (Å²) in [4.78, 5) is 0. The van der Waals surface area contributed by atoms with E-state index >= 15 is 0 Å². The van der Waals surface area contributed by atoms with Crippen molar-refractivity contribution in [2.75, 3.05) is 27.1 Å². The first-order chi connectivity index (χ1) is 2.56. The van der Waals surface area contributed by atoms with E-state index in [1.54, 1.807) is 0 Å². The second-order valence-electron chi connectivity index (χ2n) is 2.41. The van der Waals surface area contributed by atoms with Crippen LogP contribution in [0.15, 0.2) is 0 Å². The molecule has 0 saturated carbocycles. The molecule has 3 heteroatoms. The van der Waals surface area contributed by atoms with Crippen LogP contribution < -0.4 is 0 Å². The molecule has 1 nitrogen and oxygen atoms in total. The van der Waals surface area contributed by atoms with E-state index in [2.05, 4.69) is 0 Å².